The number of hydrogen-bond acceptors (Lipinski definition) is 4. The first-order chi connectivity index (χ1) is 14.6. The van der Waals surface area contributed by atoms with E-state index in [1.165, 1.54) is 0 Å². The van der Waals surface area contributed by atoms with Crippen molar-refractivity contribution >= 4 is 20.9 Å². The van der Waals surface area contributed by atoms with Gasteiger partial charge in [0.1, 0.15) is 5.75 Å². The van der Waals surface area contributed by atoms with Gasteiger partial charge in [0.2, 0.25) is 10.0 Å². The van der Waals surface area contributed by atoms with Crippen LogP contribution in [0.15, 0.2) is 54.7 Å². The molecule has 0 saturated carbocycles. The Kier molecular flexibility index (Phi) is 6.41. The molecule has 0 aliphatic carbocycles. The van der Waals surface area contributed by atoms with Crippen LogP contribution in [0.3, 0.4) is 0 Å². The highest BCUT2D eigenvalue weighted by molar-refractivity contribution is 7.89. The summed E-state index contributed by atoms with van der Waals surface area (Å²) in [6.45, 7) is 0.924. The normalized spacial score (nSPS) is 18.4. The van der Waals surface area contributed by atoms with Gasteiger partial charge in [-0.05, 0) is 48.6 Å². The smallest absolute Gasteiger partial charge is 0.214 e. The van der Waals surface area contributed by atoms with E-state index in [0.29, 0.717) is 6.61 Å². The van der Waals surface area contributed by atoms with Gasteiger partial charge in [-0.2, -0.15) is 0 Å². The van der Waals surface area contributed by atoms with Gasteiger partial charge in [-0.25, -0.2) is 13.1 Å². The summed E-state index contributed by atoms with van der Waals surface area (Å²) in [6, 6.07) is 15.8. The molecule has 2 heterocycles. The highest BCUT2D eigenvalue weighted by atomic mass is 32.2. The van der Waals surface area contributed by atoms with Gasteiger partial charge in [0, 0.05) is 36.2 Å². The summed E-state index contributed by atoms with van der Waals surface area (Å²) in [5, 5.41) is 1.09. The lowest BCUT2D eigenvalue weighted by Gasteiger charge is -2.23. The van der Waals surface area contributed by atoms with Crippen molar-refractivity contribution in [3.05, 3.63) is 65.9 Å². The minimum atomic E-state index is -3.45. The minimum absolute atomic E-state index is 0.0101. The molecule has 6 nitrogen and oxygen atoms in total. The Morgan fingerprint density at radius 3 is 2.70 bits per heavy atom. The van der Waals surface area contributed by atoms with Crippen LogP contribution >= 0.6 is 0 Å². The molecule has 3 aromatic rings. The zero-order valence-electron chi connectivity index (χ0n) is 17.1. The standard InChI is InChI=1S/C23H28N2O4S/c1-28-18-11-9-17(10-12-18)21(22-14-24-23-8-3-2-7-20(22)23)15-25-30(26,27)16-19-6-4-5-13-29-19/h2-3,7-12,14,19,21,24-25H,4-6,13,15-16H2,1H3. The van der Waals surface area contributed by atoms with Crippen LogP contribution in [0.5, 0.6) is 5.75 Å². The Bertz CT molecular complexity index is 1070. The highest BCUT2D eigenvalue weighted by Crippen LogP contribution is 2.31. The number of aromatic amines is 1. The zero-order chi connectivity index (χ0) is 21.0. The summed E-state index contributed by atoms with van der Waals surface area (Å²) in [5.41, 5.74) is 3.12. The van der Waals surface area contributed by atoms with Crippen molar-refractivity contribution in [3.63, 3.8) is 0 Å². The lowest BCUT2D eigenvalue weighted by atomic mass is 9.91. The van der Waals surface area contributed by atoms with Crippen molar-refractivity contribution in [1.82, 2.24) is 9.71 Å². The fraction of sp³-hybridized carbons (Fsp3) is 0.391. The molecule has 7 heteroatoms. The number of hydrogen-bond donors (Lipinski definition) is 2. The molecule has 1 aromatic heterocycles. The Labute approximate surface area is 177 Å². The van der Waals surface area contributed by atoms with Crippen molar-refractivity contribution < 1.29 is 17.9 Å². The molecule has 0 radical (unpaired) electrons. The first-order valence-electron chi connectivity index (χ1n) is 10.3. The average Bonchev–Trinajstić information content (AvgIpc) is 3.19. The van der Waals surface area contributed by atoms with E-state index in [0.717, 1.165) is 47.0 Å². The molecular formula is C23H28N2O4S. The molecular weight excluding hydrogens is 400 g/mol. The zero-order valence-corrected chi connectivity index (χ0v) is 18.0. The summed E-state index contributed by atoms with van der Waals surface area (Å²) in [4.78, 5) is 3.30. The average molecular weight is 429 g/mol. The largest absolute Gasteiger partial charge is 0.497 e. The number of H-pyrrole nitrogens is 1. The second-order valence-electron chi connectivity index (χ2n) is 7.73. The number of rotatable bonds is 8. The number of ether oxygens (including phenoxy) is 2. The van der Waals surface area contributed by atoms with Gasteiger partial charge in [0.05, 0.1) is 19.0 Å². The first-order valence-corrected chi connectivity index (χ1v) is 12.0. The Morgan fingerprint density at radius 2 is 1.97 bits per heavy atom. The predicted molar refractivity (Wildman–Crippen MR) is 119 cm³/mol. The molecule has 0 spiro atoms. The topological polar surface area (TPSA) is 80.4 Å². The molecule has 2 aromatic carbocycles. The molecule has 160 valence electrons. The summed E-state index contributed by atoms with van der Waals surface area (Å²) in [7, 11) is -1.82. The van der Waals surface area contributed by atoms with Gasteiger partial charge in [0.25, 0.3) is 0 Å². The van der Waals surface area contributed by atoms with E-state index in [-0.39, 0.29) is 24.3 Å². The van der Waals surface area contributed by atoms with Crippen LogP contribution in [-0.4, -0.2) is 45.5 Å². The molecule has 1 fully saturated rings. The fourth-order valence-corrected chi connectivity index (χ4v) is 5.37. The molecule has 30 heavy (non-hydrogen) atoms. The van der Waals surface area contributed by atoms with E-state index in [9.17, 15) is 8.42 Å². The quantitative estimate of drug-likeness (QED) is 0.572. The van der Waals surface area contributed by atoms with E-state index in [1.807, 2.05) is 48.7 Å². The van der Waals surface area contributed by atoms with Crippen LogP contribution in [-0.2, 0) is 14.8 Å². The van der Waals surface area contributed by atoms with E-state index in [1.54, 1.807) is 7.11 Å². The number of fused-ring (bicyclic) bond motifs is 1. The maximum Gasteiger partial charge on any atom is 0.214 e. The second kappa shape index (κ2) is 9.20. The molecule has 4 rings (SSSR count). The first kappa shape index (κ1) is 20.9. The molecule has 2 unspecified atom stereocenters. The highest BCUT2D eigenvalue weighted by Gasteiger charge is 2.25. The van der Waals surface area contributed by atoms with Gasteiger partial charge in [-0.3, -0.25) is 0 Å². The van der Waals surface area contributed by atoms with E-state index in [4.69, 9.17) is 9.47 Å². The minimum Gasteiger partial charge on any atom is -0.497 e. The summed E-state index contributed by atoms with van der Waals surface area (Å²) in [5.74, 6) is 0.650. The third kappa shape index (κ3) is 4.86. The number of methoxy groups -OCH3 is 1. The van der Waals surface area contributed by atoms with Gasteiger partial charge >= 0.3 is 0 Å². The third-order valence-electron chi connectivity index (χ3n) is 5.70. The van der Waals surface area contributed by atoms with E-state index in [2.05, 4.69) is 15.8 Å². The van der Waals surface area contributed by atoms with Gasteiger partial charge < -0.3 is 14.5 Å². The maximum atomic E-state index is 12.7. The lowest BCUT2D eigenvalue weighted by Crippen LogP contribution is -2.37. The molecule has 1 aliphatic rings. The molecule has 1 aliphatic heterocycles. The Hall–Kier alpha value is -2.35. The van der Waals surface area contributed by atoms with Crippen molar-refractivity contribution in [1.29, 1.82) is 0 Å². The van der Waals surface area contributed by atoms with Crippen molar-refractivity contribution in [2.24, 2.45) is 0 Å². The second-order valence-corrected chi connectivity index (χ2v) is 9.59. The van der Waals surface area contributed by atoms with Crippen molar-refractivity contribution in [2.45, 2.75) is 31.3 Å². The SMILES string of the molecule is COc1ccc(C(CNS(=O)(=O)CC2CCCCO2)c2c[nH]c3ccccc23)cc1. The summed E-state index contributed by atoms with van der Waals surface area (Å²) >= 11 is 0. The van der Waals surface area contributed by atoms with Crippen LogP contribution in [0.25, 0.3) is 10.9 Å². The van der Waals surface area contributed by atoms with E-state index >= 15 is 0 Å². The molecule has 1 saturated heterocycles. The fourth-order valence-electron chi connectivity index (χ4n) is 4.08. The van der Waals surface area contributed by atoms with Crippen LogP contribution < -0.4 is 9.46 Å². The number of sulfonamides is 1. The number of para-hydroxylation sites is 1. The van der Waals surface area contributed by atoms with Gasteiger partial charge in [0.15, 0.2) is 0 Å². The maximum absolute atomic E-state index is 12.7. The van der Waals surface area contributed by atoms with Gasteiger partial charge in [-0.15, -0.1) is 0 Å². The number of nitrogens with one attached hydrogen (secondary N) is 2. The van der Waals surface area contributed by atoms with Crippen LogP contribution in [0.2, 0.25) is 0 Å². The molecule has 2 atom stereocenters. The van der Waals surface area contributed by atoms with Crippen LogP contribution in [0.4, 0.5) is 0 Å². The molecule has 0 amide bonds. The van der Waals surface area contributed by atoms with Crippen LogP contribution in [0, 0.1) is 0 Å². The predicted octanol–water partition coefficient (Wildman–Crippen LogP) is 3.80. The third-order valence-corrected chi connectivity index (χ3v) is 7.12. The summed E-state index contributed by atoms with van der Waals surface area (Å²) in [6.07, 6.45) is 4.57. The number of aromatic nitrogens is 1. The van der Waals surface area contributed by atoms with Crippen molar-refractivity contribution in [2.75, 3.05) is 26.0 Å². The number of benzene rings is 2. The van der Waals surface area contributed by atoms with Crippen molar-refractivity contribution in [3.8, 4) is 5.75 Å². The summed E-state index contributed by atoms with van der Waals surface area (Å²) < 4.78 is 39.2. The Morgan fingerprint density at radius 1 is 1.17 bits per heavy atom. The molecule has 2 N–H and O–H groups in total. The van der Waals surface area contributed by atoms with E-state index < -0.39 is 10.0 Å². The lowest BCUT2D eigenvalue weighted by molar-refractivity contribution is 0.0304. The molecule has 0 bridgehead atoms. The van der Waals surface area contributed by atoms with Crippen LogP contribution in [0.1, 0.15) is 36.3 Å². The van der Waals surface area contributed by atoms with Gasteiger partial charge in [-0.1, -0.05) is 30.3 Å². The Balaban J connectivity index is 1.58. The monoisotopic (exact) mass is 428 g/mol.